The maximum absolute atomic E-state index is 12.4. The molecule has 8 nitrogen and oxygen atoms in total. The number of thioether (sulfide) groups is 1. The van der Waals surface area contributed by atoms with E-state index < -0.39 is 0 Å². The zero-order valence-corrected chi connectivity index (χ0v) is 18.6. The number of aromatic nitrogens is 2. The van der Waals surface area contributed by atoms with Crippen LogP contribution in [0, 0.1) is 5.41 Å². The third-order valence-electron chi connectivity index (χ3n) is 4.35. The molecule has 2 aromatic heterocycles. The van der Waals surface area contributed by atoms with Crippen LogP contribution in [0.5, 0.6) is 0 Å². The molecule has 0 bridgehead atoms. The van der Waals surface area contributed by atoms with Gasteiger partial charge in [-0.15, -0.1) is 10.2 Å². The van der Waals surface area contributed by atoms with Gasteiger partial charge in [-0.2, -0.15) is 0 Å². The lowest BCUT2D eigenvalue weighted by molar-refractivity contribution is -0.133. The number of hydrogen-bond donors (Lipinski definition) is 1. The first-order valence-electron chi connectivity index (χ1n) is 9.58. The standard InChI is InChI=1S/C19H27N5O3S2/c1-19(2,3)11-16(26)23-6-8-24(9-7-23)17-21-22-18(29-17)28-13-15(25)20-12-14-5-4-10-27-14/h4-5,10H,6-9,11-13H2,1-3H3,(H,20,25). The summed E-state index contributed by atoms with van der Waals surface area (Å²) in [5.41, 5.74) is 0.00379. The first kappa shape index (κ1) is 21.6. The first-order chi connectivity index (χ1) is 13.8. The lowest BCUT2D eigenvalue weighted by Crippen LogP contribution is -2.49. The van der Waals surface area contributed by atoms with Crippen molar-refractivity contribution in [2.75, 3.05) is 36.8 Å². The number of nitrogens with one attached hydrogen (secondary N) is 1. The van der Waals surface area contributed by atoms with Crippen molar-refractivity contribution in [3.8, 4) is 0 Å². The quantitative estimate of drug-likeness (QED) is 0.666. The molecule has 158 valence electrons. The normalized spacial score (nSPS) is 14.9. The van der Waals surface area contributed by atoms with Crippen LogP contribution in [-0.2, 0) is 16.1 Å². The summed E-state index contributed by atoms with van der Waals surface area (Å²) in [7, 11) is 0. The summed E-state index contributed by atoms with van der Waals surface area (Å²) < 4.78 is 5.95. The summed E-state index contributed by atoms with van der Waals surface area (Å²) in [4.78, 5) is 28.4. The van der Waals surface area contributed by atoms with Crippen LogP contribution in [0.25, 0.3) is 0 Å². The Morgan fingerprint density at radius 3 is 2.66 bits per heavy atom. The summed E-state index contributed by atoms with van der Waals surface area (Å²) in [6.07, 6.45) is 2.15. The molecule has 3 rings (SSSR count). The van der Waals surface area contributed by atoms with E-state index in [0.29, 0.717) is 26.1 Å². The highest BCUT2D eigenvalue weighted by Gasteiger charge is 2.26. The van der Waals surface area contributed by atoms with Crippen LogP contribution < -0.4 is 10.2 Å². The second kappa shape index (κ2) is 9.62. The van der Waals surface area contributed by atoms with Gasteiger partial charge in [0.25, 0.3) is 0 Å². The Balaban J connectivity index is 1.41. The number of furan rings is 1. The van der Waals surface area contributed by atoms with E-state index in [9.17, 15) is 9.59 Å². The Kier molecular flexibility index (Phi) is 7.18. The van der Waals surface area contributed by atoms with Crippen molar-refractivity contribution in [1.82, 2.24) is 20.4 Å². The number of carbonyl (C=O) groups excluding carboxylic acids is 2. The second-order valence-corrected chi connectivity index (χ2v) is 10.3. The molecule has 2 amide bonds. The molecule has 1 N–H and O–H groups in total. The summed E-state index contributed by atoms with van der Waals surface area (Å²) in [6, 6.07) is 3.61. The van der Waals surface area contributed by atoms with E-state index in [0.717, 1.165) is 28.3 Å². The van der Waals surface area contributed by atoms with Crippen LogP contribution in [-0.4, -0.2) is 58.8 Å². The number of amides is 2. The maximum Gasteiger partial charge on any atom is 0.230 e. The highest BCUT2D eigenvalue weighted by molar-refractivity contribution is 8.01. The monoisotopic (exact) mass is 437 g/mol. The minimum atomic E-state index is -0.0749. The van der Waals surface area contributed by atoms with Crippen molar-refractivity contribution in [2.24, 2.45) is 5.41 Å². The molecule has 0 atom stereocenters. The minimum absolute atomic E-state index is 0.00379. The van der Waals surface area contributed by atoms with Crippen LogP contribution in [0.3, 0.4) is 0 Å². The molecule has 3 heterocycles. The van der Waals surface area contributed by atoms with Crippen molar-refractivity contribution < 1.29 is 14.0 Å². The van der Waals surface area contributed by atoms with Crippen molar-refractivity contribution in [1.29, 1.82) is 0 Å². The van der Waals surface area contributed by atoms with Gasteiger partial charge in [0, 0.05) is 32.6 Å². The first-order valence-corrected chi connectivity index (χ1v) is 11.4. The Morgan fingerprint density at radius 2 is 2.00 bits per heavy atom. The molecular formula is C19H27N5O3S2. The molecule has 0 unspecified atom stereocenters. The lowest BCUT2D eigenvalue weighted by Gasteiger charge is -2.35. The predicted molar refractivity (Wildman–Crippen MR) is 114 cm³/mol. The smallest absolute Gasteiger partial charge is 0.230 e. The fourth-order valence-corrected chi connectivity index (χ4v) is 4.60. The molecule has 1 saturated heterocycles. The molecule has 1 aliphatic heterocycles. The van der Waals surface area contributed by atoms with E-state index in [2.05, 4.69) is 41.2 Å². The highest BCUT2D eigenvalue weighted by atomic mass is 32.2. The minimum Gasteiger partial charge on any atom is -0.467 e. The van der Waals surface area contributed by atoms with Gasteiger partial charge in [0.05, 0.1) is 18.6 Å². The molecule has 0 saturated carbocycles. The Bertz CT molecular complexity index is 808. The predicted octanol–water partition coefficient (Wildman–Crippen LogP) is 2.62. The maximum atomic E-state index is 12.4. The van der Waals surface area contributed by atoms with E-state index >= 15 is 0 Å². The molecule has 2 aromatic rings. The van der Waals surface area contributed by atoms with E-state index in [1.807, 2.05) is 11.0 Å². The SMILES string of the molecule is CC(C)(C)CC(=O)N1CCN(c2nnc(SCC(=O)NCc3ccco3)s2)CC1. The largest absolute Gasteiger partial charge is 0.467 e. The summed E-state index contributed by atoms with van der Waals surface area (Å²) in [5.74, 6) is 1.15. The second-order valence-electron chi connectivity index (χ2n) is 8.10. The molecule has 0 aromatic carbocycles. The number of piperazine rings is 1. The number of nitrogens with zero attached hydrogens (tertiary/aromatic N) is 4. The number of hydrogen-bond acceptors (Lipinski definition) is 8. The van der Waals surface area contributed by atoms with Gasteiger partial charge in [-0.1, -0.05) is 43.9 Å². The van der Waals surface area contributed by atoms with Crippen LogP contribution in [0.1, 0.15) is 33.0 Å². The van der Waals surface area contributed by atoms with Gasteiger partial charge >= 0.3 is 0 Å². The summed E-state index contributed by atoms with van der Waals surface area (Å²) in [5, 5.41) is 12.1. The van der Waals surface area contributed by atoms with Gasteiger partial charge in [-0.25, -0.2) is 0 Å². The molecule has 0 radical (unpaired) electrons. The lowest BCUT2D eigenvalue weighted by atomic mass is 9.91. The number of rotatable bonds is 7. The zero-order chi connectivity index (χ0) is 20.9. The Labute approximate surface area is 179 Å². The molecule has 29 heavy (non-hydrogen) atoms. The molecule has 10 heteroatoms. The molecule has 0 aliphatic carbocycles. The van der Waals surface area contributed by atoms with Gasteiger partial charge in [-0.3, -0.25) is 9.59 Å². The van der Waals surface area contributed by atoms with Crippen molar-refractivity contribution in [3.63, 3.8) is 0 Å². The van der Waals surface area contributed by atoms with E-state index in [1.165, 1.54) is 23.1 Å². The van der Waals surface area contributed by atoms with Crippen molar-refractivity contribution in [3.05, 3.63) is 24.2 Å². The van der Waals surface area contributed by atoms with Gasteiger partial charge in [-0.05, 0) is 17.5 Å². The Morgan fingerprint density at radius 1 is 1.24 bits per heavy atom. The number of anilines is 1. The zero-order valence-electron chi connectivity index (χ0n) is 17.0. The van der Waals surface area contributed by atoms with Gasteiger partial charge in [0.1, 0.15) is 5.76 Å². The molecular weight excluding hydrogens is 410 g/mol. The number of carbonyl (C=O) groups is 2. The Hall–Kier alpha value is -2.07. The van der Waals surface area contributed by atoms with Crippen LogP contribution in [0.4, 0.5) is 5.13 Å². The van der Waals surface area contributed by atoms with Gasteiger partial charge in [0.2, 0.25) is 16.9 Å². The van der Waals surface area contributed by atoms with Crippen LogP contribution >= 0.6 is 23.1 Å². The highest BCUT2D eigenvalue weighted by Crippen LogP contribution is 2.29. The van der Waals surface area contributed by atoms with E-state index in [-0.39, 0.29) is 23.0 Å². The topological polar surface area (TPSA) is 91.6 Å². The average molecular weight is 438 g/mol. The fourth-order valence-electron chi connectivity index (χ4n) is 2.88. The van der Waals surface area contributed by atoms with Crippen LogP contribution in [0.15, 0.2) is 27.2 Å². The summed E-state index contributed by atoms with van der Waals surface area (Å²) in [6.45, 7) is 9.53. The van der Waals surface area contributed by atoms with Crippen molar-refractivity contribution >= 4 is 40.0 Å². The van der Waals surface area contributed by atoms with E-state index in [4.69, 9.17) is 4.42 Å². The molecule has 0 spiro atoms. The van der Waals surface area contributed by atoms with Gasteiger partial charge < -0.3 is 19.5 Å². The van der Waals surface area contributed by atoms with E-state index in [1.54, 1.807) is 12.3 Å². The molecule has 1 fully saturated rings. The van der Waals surface area contributed by atoms with Gasteiger partial charge in [0.15, 0.2) is 4.34 Å². The third kappa shape index (κ3) is 6.74. The summed E-state index contributed by atoms with van der Waals surface area (Å²) >= 11 is 2.85. The fraction of sp³-hybridized carbons (Fsp3) is 0.579. The average Bonchev–Trinajstić information content (AvgIpc) is 3.35. The molecule has 1 aliphatic rings. The van der Waals surface area contributed by atoms with Crippen molar-refractivity contribution in [2.45, 2.75) is 38.1 Å². The third-order valence-corrected chi connectivity index (χ3v) is 6.46. The van der Waals surface area contributed by atoms with Crippen LogP contribution in [0.2, 0.25) is 0 Å².